The van der Waals surface area contributed by atoms with Gasteiger partial charge in [-0.25, -0.2) is 0 Å². The molecule has 2 nitrogen and oxygen atoms in total. The van der Waals surface area contributed by atoms with E-state index < -0.39 is 0 Å². The first-order valence-corrected chi connectivity index (χ1v) is 6.23. The first-order chi connectivity index (χ1) is 6.81. The lowest BCUT2D eigenvalue weighted by molar-refractivity contribution is 0.130. The van der Waals surface area contributed by atoms with E-state index in [1.54, 1.807) is 0 Å². The third-order valence-corrected chi connectivity index (χ3v) is 3.58. The smallest absolute Gasteiger partial charge is 0.0189 e. The molecule has 0 spiro atoms. The topological polar surface area (TPSA) is 15.3 Å². The van der Waals surface area contributed by atoms with Crippen LogP contribution in [0, 0.1) is 0 Å². The highest BCUT2D eigenvalue weighted by Gasteiger charge is 2.22. The van der Waals surface area contributed by atoms with Crippen molar-refractivity contribution in [2.24, 2.45) is 0 Å². The van der Waals surface area contributed by atoms with Gasteiger partial charge in [0.2, 0.25) is 0 Å². The SMILES string of the molecule is CCC(CN1CCCCC1CC)NC. The summed E-state index contributed by atoms with van der Waals surface area (Å²) in [6.45, 7) is 7.15. The molecule has 0 radical (unpaired) electrons. The van der Waals surface area contributed by atoms with Crippen LogP contribution in [0.5, 0.6) is 0 Å². The van der Waals surface area contributed by atoms with Crippen LogP contribution in [-0.2, 0) is 0 Å². The predicted octanol–water partition coefficient (Wildman–Crippen LogP) is 2.25. The first-order valence-electron chi connectivity index (χ1n) is 6.23. The average Bonchev–Trinajstić information content (AvgIpc) is 2.26. The Bertz CT molecular complexity index is 143. The molecule has 14 heavy (non-hydrogen) atoms. The van der Waals surface area contributed by atoms with Crippen molar-refractivity contribution in [3.8, 4) is 0 Å². The summed E-state index contributed by atoms with van der Waals surface area (Å²) in [5.41, 5.74) is 0. The summed E-state index contributed by atoms with van der Waals surface area (Å²) in [6, 6.07) is 1.54. The molecule has 0 bridgehead atoms. The maximum atomic E-state index is 3.40. The second-order valence-corrected chi connectivity index (χ2v) is 4.45. The molecular weight excluding hydrogens is 172 g/mol. The van der Waals surface area contributed by atoms with E-state index in [2.05, 4.69) is 31.1 Å². The van der Waals surface area contributed by atoms with Gasteiger partial charge in [0.15, 0.2) is 0 Å². The molecule has 1 fully saturated rings. The van der Waals surface area contributed by atoms with E-state index in [9.17, 15) is 0 Å². The Balaban J connectivity index is 2.39. The van der Waals surface area contributed by atoms with E-state index in [4.69, 9.17) is 0 Å². The zero-order valence-electron chi connectivity index (χ0n) is 10.1. The maximum absolute atomic E-state index is 3.40. The fourth-order valence-electron chi connectivity index (χ4n) is 2.47. The monoisotopic (exact) mass is 198 g/mol. The summed E-state index contributed by atoms with van der Waals surface area (Å²) in [6.07, 6.45) is 6.81. The molecule has 0 aromatic carbocycles. The summed E-state index contributed by atoms with van der Waals surface area (Å²) in [4.78, 5) is 2.69. The molecule has 2 heteroatoms. The van der Waals surface area contributed by atoms with Crippen molar-refractivity contribution in [2.45, 2.75) is 58.0 Å². The normalized spacial score (nSPS) is 26.4. The van der Waals surface area contributed by atoms with Crippen molar-refractivity contribution in [2.75, 3.05) is 20.1 Å². The minimum atomic E-state index is 0.683. The van der Waals surface area contributed by atoms with Gasteiger partial charge in [-0.05, 0) is 39.3 Å². The Kier molecular flexibility index (Phi) is 5.49. The minimum absolute atomic E-state index is 0.683. The van der Waals surface area contributed by atoms with E-state index in [-0.39, 0.29) is 0 Å². The number of hydrogen-bond donors (Lipinski definition) is 1. The maximum Gasteiger partial charge on any atom is 0.0189 e. The molecule has 0 aliphatic carbocycles. The lowest BCUT2D eigenvalue weighted by atomic mass is 9.99. The van der Waals surface area contributed by atoms with Crippen LogP contribution >= 0.6 is 0 Å². The van der Waals surface area contributed by atoms with Gasteiger partial charge in [-0.3, -0.25) is 4.90 Å². The molecule has 0 saturated carbocycles. The minimum Gasteiger partial charge on any atom is -0.316 e. The number of likely N-dealkylation sites (N-methyl/N-ethyl adjacent to an activating group) is 1. The Hall–Kier alpha value is -0.0800. The average molecular weight is 198 g/mol. The van der Waals surface area contributed by atoms with Crippen LogP contribution in [0.3, 0.4) is 0 Å². The highest BCUT2D eigenvalue weighted by Crippen LogP contribution is 2.19. The number of rotatable bonds is 5. The molecule has 0 aromatic heterocycles. The van der Waals surface area contributed by atoms with Crippen molar-refractivity contribution >= 4 is 0 Å². The van der Waals surface area contributed by atoms with Crippen molar-refractivity contribution in [3.63, 3.8) is 0 Å². The van der Waals surface area contributed by atoms with Crippen LogP contribution in [0.25, 0.3) is 0 Å². The van der Waals surface area contributed by atoms with Crippen LogP contribution in [-0.4, -0.2) is 37.1 Å². The van der Waals surface area contributed by atoms with Crippen LogP contribution < -0.4 is 5.32 Å². The Morgan fingerprint density at radius 1 is 1.36 bits per heavy atom. The van der Waals surface area contributed by atoms with Crippen LogP contribution in [0.4, 0.5) is 0 Å². The molecule has 1 heterocycles. The van der Waals surface area contributed by atoms with E-state index in [1.165, 1.54) is 45.2 Å². The second-order valence-electron chi connectivity index (χ2n) is 4.45. The number of nitrogens with one attached hydrogen (secondary N) is 1. The van der Waals surface area contributed by atoms with E-state index in [0.29, 0.717) is 6.04 Å². The van der Waals surface area contributed by atoms with Gasteiger partial charge in [0.05, 0.1) is 0 Å². The summed E-state index contributed by atoms with van der Waals surface area (Å²) in [5.74, 6) is 0. The van der Waals surface area contributed by atoms with Crippen molar-refractivity contribution in [1.29, 1.82) is 0 Å². The molecule has 0 aromatic rings. The van der Waals surface area contributed by atoms with Crippen molar-refractivity contribution in [3.05, 3.63) is 0 Å². The highest BCUT2D eigenvalue weighted by atomic mass is 15.2. The highest BCUT2D eigenvalue weighted by molar-refractivity contribution is 4.79. The molecule has 1 aliphatic rings. The number of likely N-dealkylation sites (tertiary alicyclic amines) is 1. The van der Waals surface area contributed by atoms with Gasteiger partial charge in [-0.1, -0.05) is 20.3 Å². The Morgan fingerprint density at radius 2 is 2.14 bits per heavy atom. The zero-order chi connectivity index (χ0) is 10.4. The molecule has 1 aliphatic heterocycles. The largest absolute Gasteiger partial charge is 0.316 e. The summed E-state index contributed by atoms with van der Waals surface area (Å²) in [5, 5.41) is 3.40. The standard InChI is InChI=1S/C12H26N2/c1-4-11(13-3)10-14-9-7-6-8-12(14)5-2/h11-13H,4-10H2,1-3H3. The molecule has 2 atom stereocenters. The zero-order valence-corrected chi connectivity index (χ0v) is 10.1. The third kappa shape index (κ3) is 3.25. The van der Waals surface area contributed by atoms with E-state index in [0.717, 1.165) is 6.04 Å². The number of nitrogens with zero attached hydrogens (tertiary/aromatic N) is 1. The quantitative estimate of drug-likeness (QED) is 0.729. The summed E-state index contributed by atoms with van der Waals surface area (Å²) >= 11 is 0. The van der Waals surface area contributed by atoms with Gasteiger partial charge in [0.1, 0.15) is 0 Å². The van der Waals surface area contributed by atoms with Gasteiger partial charge < -0.3 is 5.32 Å². The summed E-state index contributed by atoms with van der Waals surface area (Å²) < 4.78 is 0. The molecule has 2 unspecified atom stereocenters. The lowest BCUT2D eigenvalue weighted by Gasteiger charge is -2.37. The van der Waals surface area contributed by atoms with Gasteiger partial charge in [0, 0.05) is 18.6 Å². The van der Waals surface area contributed by atoms with E-state index in [1.807, 2.05) is 0 Å². The van der Waals surface area contributed by atoms with Crippen molar-refractivity contribution < 1.29 is 0 Å². The molecular formula is C12H26N2. The fraction of sp³-hybridized carbons (Fsp3) is 1.00. The molecule has 1 saturated heterocycles. The Labute approximate surface area is 89.1 Å². The van der Waals surface area contributed by atoms with Gasteiger partial charge >= 0.3 is 0 Å². The summed E-state index contributed by atoms with van der Waals surface area (Å²) in [7, 11) is 2.08. The van der Waals surface area contributed by atoms with Crippen LogP contribution in [0.15, 0.2) is 0 Å². The van der Waals surface area contributed by atoms with Gasteiger partial charge in [0.25, 0.3) is 0 Å². The van der Waals surface area contributed by atoms with Crippen molar-refractivity contribution in [1.82, 2.24) is 10.2 Å². The second kappa shape index (κ2) is 6.41. The lowest BCUT2D eigenvalue weighted by Crippen LogP contribution is -2.46. The van der Waals surface area contributed by atoms with Crippen LogP contribution in [0.1, 0.15) is 46.0 Å². The van der Waals surface area contributed by atoms with Gasteiger partial charge in [-0.2, -0.15) is 0 Å². The molecule has 1 rings (SSSR count). The fourth-order valence-corrected chi connectivity index (χ4v) is 2.47. The van der Waals surface area contributed by atoms with Crippen LogP contribution in [0.2, 0.25) is 0 Å². The van der Waals surface area contributed by atoms with E-state index >= 15 is 0 Å². The predicted molar refractivity (Wildman–Crippen MR) is 62.6 cm³/mol. The molecule has 0 amide bonds. The first kappa shape index (κ1) is 12.0. The van der Waals surface area contributed by atoms with Gasteiger partial charge in [-0.15, -0.1) is 0 Å². The third-order valence-electron chi connectivity index (χ3n) is 3.58. The molecule has 1 N–H and O–H groups in total. The number of piperidine rings is 1. The Morgan fingerprint density at radius 3 is 2.71 bits per heavy atom. The number of hydrogen-bond acceptors (Lipinski definition) is 2. The molecule has 84 valence electrons.